The number of benzene rings is 1. The van der Waals surface area contributed by atoms with Crippen LogP contribution in [0.25, 0.3) is 0 Å². The number of nitrogens with one attached hydrogen (secondary N) is 1. The lowest BCUT2D eigenvalue weighted by Gasteiger charge is -2.20. The van der Waals surface area contributed by atoms with Gasteiger partial charge in [-0.3, -0.25) is 4.79 Å². The van der Waals surface area contributed by atoms with Crippen molar-refractivity contribution >= 4 is 17.7 Å². The number of carbonyl (C=O) groups is 1. The Morgan fingerprint density at radius 3 is 2.73 bits per heavy atom. The maximum atomic E-state index is 12.4. The lowest BCUT2D eigenvalue weighted by Crippen LogP contribution is -2.31. The molecule has 1 saturated heterocycles. The van der Waals surface area contributed by atoms with Gasteiger partial charge in [0.05, 0.1) is 12.6 Å². The highest BCUT2D eigenvalue weighted by Gasteiger charge is 2.25. The molecule has 162 valence electrons. The van der Waals surface area contributed by atoms with E-state index in [0.717, 1.165) is 37.4 Å². The molecule has 2 aromatic rings. The van der Waals surface area contributed by atoms with Crippen molar-refractivity contribution in [3.05, 3.63) is 42.1 Å². The fourth-order valence-corrected chi connectivity index (χ4v) is 3.26. The van der Waals surface area contributed by atoms with Crippen LogP contribution in [0.2, 0.25) is 0 Å². The van der Waals surface area contributed by atoms with Gasteiger partial charge in [-0.15, -0.1) is 0 Å². The molecule has 1 aliphatic heterocycles. The van der Waals surface area contributed by atoms with E-state index in [-0.39, 0.29) is 6.10 Å². The van der Waals surface area contributed by atoms with Gasteiger partial charge in [-0.25, -0.2) is 4.98 Å². The van der Waals surface area contributed by atoms with Crippen molar-refractivity contribution in [2.75, 3.05) is 36.5 Å². The van der Waals surface area contributed by atoms with E-state index >= 15 is 0 Å². The average Bonchev–Trinajstić information content (AvgIpc) is 3.22. The molecule has 0 aliphatic carbocycles. The Hall–Kier alpha value is -2.97. The SMILES string of the molecule is CCN(C)c1nccc(N2CC[C@@H](Oc3ccc([C@H](C)NC(=O)C(F)F)cc3)C2)n1. The third kappa shape index (κ3) is 5.34. The lowest BCUT2D eigenvalue weighted by molar-refractivity contribution is -0.132. The molecule has 2 heterocycles. The van der Waals surface area contributed by atoms with Crippen molar-refractivity contribution < 1.29 is 18.3 Å². The van der Waals surface area contributed by atoms with Crippen molar-refractivity contribution in [1.82, 2.24) is 15.3 Å². The number of hydrogen-bond donors (Lipinski definition) is 1. The fourth-order valence-electron chi connectivity index (χ4n) is 3.26. The highest BCUT2D eigenvalue weighted by Crippen LogP contribution is 2.24. The molecule has 1 fully saturated rings. The Balaban J connectivity index is 1.56. The van der Waals surface area contributed by atoms with E-state index in [4.69, 9.17) is 4.74 Å². The number of ether oxygens (including phenoxy) is 1. The van der Waals surface area contributed by atoms with Crippen LogP contribution in [0.5, 0.6) is 5.75 Å². The van der Waals surface area contributed by atoms with E-state index in [2.05, 4.69) is 27.1 Å². The summed E-state index contributed by atoms with van der Waals surface area (Å²) in [6.45, 7) is 6.10. The monoisotopic (exact) mass is 419 g/mol. The normalized spacial score (nSPS) is 17.1. The van der Waals surface area contributed by atoms with Gasteiger partial charge in [-0.2, -0.15) is 13.8 Å². The number of anilines is 2. The van der Waals surface area contributed by atoms with Gasteiger partial charge in [0.2, 0.25) is 5.95 Å². The molecule has 1 aromatic carbocycles. The molecule has 1 amide bonds. The fraction of sp³-hybridized carbons (Fsp3) is 0.476. The summed E-state index contributed by atoms with van der Waals surface area (Å²) in [7, 11) is 1.96. The summed E-state index contributed by atoms with van der Waals surface area (Å²) in [5.74, 6) is 1.01. The van der Waals surface area contributed by atoms with Crippen molar-refractivity contribution in [1.29, 1.82) is 0 Å². The van der Waals surface area contributed by atoms with Crippen LogP contribution in [-0.2, 0) is 4.79 Å². The minimum atomic E-state index is -3.02. The Labute approximate surface area is 175 Å². The predicted molar refractivity (Wildman–Crippen MR) is 111 cm³/mol. The largest absolute Gasteiger partial charge is 0.489 e. The molecular weight excluding hydrogens is 392 g/mol. The van der Waals surface area contributed by atoms with Gasteiger partial charge in [-0.1, -0.05) is 12.1 Å². The standard InChI is InChI=1S/C21H27F2N5O2/c1-4-27(3)21-24-11-9-18(26-21)28-12-10-17(13-28)30-16-7-5-15(6-8-16)14(2)25-20(29)19(22)23/h5-9,11,14,17,19H,4,10,12-13H2,1-3H3,(H,25,29)/t14-,17+/m0/s1. The molecule has 30 heavy (non-hydrogen) atoms. The van der Waals surface area contributed by atoms with Gasteiger partial charge in [-0.05, 0) is 37.6 Å². The number of carbonyl (C=O) groups excluding carboxylic acids is 1. The van der Waals surface area contributed by atoms with E-state index in [0.29, 0.717) is 11.7 Å². The van der Waals surface area contributed by atoms with Crippen LogP contribution in [0.3, 0.4) is 0 Å². The Morgan fingerprint density at radius 2 is 2.07 bits per heavy atom. The minimum Gasteiger partial charge on any atom is -0.489 e. The summed E-state index contributed by atoms with van der Waals surface area (Å²) in [6.07, 6.45) is -0.362. The van der Waals surface area contributed by atoms with Gasteiger partial charge >= 0.3 is 6.43 Å². The van der Waals surface area contributed by atoms with Crippen molar-refractivity contribution in [3.63, 3.8) is 0 Å². The van der Waals surface area contributed by atoms with Crippen LogP contribution in [0.1, 0.15) is 31.9 Å². The van der Waals surface area contributed by atoms with E-state index in [1.54, 1.807) is 37.4 Å². The first-order valence-corrected chi connectivity index (χ1v) is 10.0. The number of nitrogens with zero attached hydrogens (tertiary/aromatic N) is 4. The van der Waals surface area contributed by atoms with Crippen LogP contribution < -0.4 is 19.9 Å². The summed E-state index contributed by atoms with van der Waals surface area (Å²) < 4.78 is 30.8. The molecule has 0 bridgehead atoms. The summed E-state index contributed by atoms with van der Waals surface area (Å²) in [5.41, 5.74) is 0.734. The van der Waals surface area contributed by atoms with Crippen molar-refractivity contribution in [2.24, 2.45) is 0 Å². The molecule has 3 rings (SSSR count). The molecule has 1 aromatic heterocycles. The molecule has 2 atom stereocenters. The van der Waals surface area contributed by atoms with Crippen LogP contribution in [0.15, 0.2) is 36.5 Å². The molecule has 0 unspecified atom stereocenters. The zero-order valence-electron chi connectivity index (χ0n) is 17.4. The first-order chi connectivity index (χ1) is 14.4. The predicted octanol–water partition coefficient (Wildman–Crippen LogP) is 3.03. The molecule has 7 nitrogen and oxygen atoms in total. The first kappa shape index (κ1) is 21.7. The van der Waals surface area contributed by atoms with Gasteiger partial charge < -0.3 is 19.9 Å². The second kappa shape index (κ2) is 9.69. The summed E-state index contributed by atoms with van der Waals surface area (Å²) in [6, 6.07) is 8.53. The number of rotatable bonds is 8. The number of alkyl halides is 2. The van der Waals surface area contributed by atoms with E-state index < -0.39 is 18.4 Å². The molecule has 1 N–H and O–H groups in total. The second-order valence-electron chi connectivity index (χ2n) is 7.30. The summed E-state index contributed by atoms with van der Waals surface area (Å²) >= 11 is 0. The van der Waals surface area contributed by atoms with E-state index in [9.17, 15) is 13.6 Å². The smallest absolute Gasteiger partial charge is 0.315 e. The van der Waals surface area contributed by atoms with Gasteiger partial charge in [0.25, 0.3) is 5.91 Å². The maximum Gasteiger partial charge on any atom is 0.315 e. The number of halogens is 2. The third-order valence-corrected chi connectivity index (χ3v) is 5.15. The summed E-state index contributed by atoms with van der Waals surface area (Å²) in [5, 5.41) is 2.28. The molecule has 9 heteroatoms. The first-order valence-electron chi connectivity index (χ1n) is 10.0. The van der Waals surface area contributed by atoms with Gasteiger partial charge in [0.15, 0.2) is 0 Å². The molecular formula is C21H27F2N5O2. The quantitative estimate of drug-likeness (QED) is 0.709. The molecule has 0 spiro atoms. The number of amides is 1. The van der Waals surface area contributed by atoms with E-state index in [1.165, 1.54) is 0 Å². The second-order valence-corrected chi connectivity index (χ2v) is 7.30. The van der Waals surface area contributed by atoms with Crippen LogP contribution in [0, 0.1) is 0 Å². The van der Waals surface area contributed by atoms with E-state index in [1.807, 2.05) is 18.0 Å². The van der Waals surface area contributed by atoms with Gasteiger partial charge in [0.1, 0.15) is 17.7 Å². The topological polar surface area (TPSA) is 70.6 Å². The molecule has 0 radical (unpaired) electrons. The van der Waals surface area contributed by atoms with Crippen LogP contribution in [0.4, 0.5) is 20.5 Å². The maximum absolute atomic E-state index is 12.4. The lowest BCUT2D eigenvalue weighted by atomic mass is 10.1. The number of hydrogen-bond acceptors (Lipinski definition) is 6. The Kier molecular flexibility index (Phi) is 7.02. The van der Waals surface area contributed by atoms with Crippen molar-refractivity contribution in [2.45, 2.75) is 38.8 Å². The minimum absolute atomic E-state index is 0.0223. The Morgan fingerprint density at radius 1 is 1.33 bits per heavy atom. The summed E-state index contributed by atoms with van der Waals surface area (Å²) in [4.78, 5) is 24.2. The van der Waals surface area contributed by atoms with Crippen LogP contribution >= 0.6 is 0 Å². The third-order valence-electron chi connectivity index (χ3n) is 5.15. The highest BCUT2D eigenvalue weighted by molar-refractivity contribution is 5.79. The van der Waals surface area contributed by atoms with Crippen LogP contribution in [-0.4, -0.2) is 55.1 Å². The highest BCUT2D eigenvalue weighted by atomic mass is 19.3. The zero-order chi connectivity index (χ0) is 21.7. The Bertz CT molecular complexity index is 850. The molecule has 0 saturated carbocycles. The molecule has 1 aliphatic rings. The zero-order valence-corrected chi connectivity index (χ0v) is 17.4. The van der Waals surface area contributed by atoms with Crippen molar-refractivity contribution in [3.8, 4) is 5.75 Å². The average molecular weight is 419 g/mol. The van der Waals surface area contributed by atoms with Gasteiger partial charge in [0, 0.05) is 32.8 Å². The number of aromatic nitrogens is 2.